The predicted molar refractivity (Wildman–Crippen MR) is 86.5 cm³/mol. The highest BCUT2D eigenvalue weighted by molar-refractivity contribution is 7.99. The van der Waals surface area contributed by atoms with E-state index < -0.39 is 5.91 Å². The molecule has 0 atom stereocenters. The van der Waals surface area contributed by atoms with Gasteiger partial charge >= 0.3 is 5.97 Å². The van der Waals surface area contributed by atoms with Crippen LogP contribution in [0.25, 0.3) is 0 Å². The molecule has 0 spiro atoms. The average molecular weight is 333 g/mol. The number of halogens is 1. The van der Waals surface area contributed by atoms with Crippen LogP contribution in [0, 0.1) is 5.82 Å². The fourth-order valence-corrected chi connectivity index (χ4v) is 2.68. The van der Waals surface area contributed by atoms with Crippen LogP contribution in [0.3, 0.4) is 0 Å². The van der Waals surface area contributed by atoms with Gasteiger partial charge in [0.15, 0.2) is 0 Å². The Kier molecular flexibility index (Phi) is 6.17. The molecule has 23 heavy (non-hydrogen) atoms. The molecule has 0 aromatic heterocycles. The van der Waals surface area contributed by atoms with E-state index in [-0.39, 0.29) is 24.8 Å². The number of hydrogen-bond acceptors (Lipinski definition) is 4. The summed E-state index contributed by atoms with van der Waals surface area (Å²) in [5, 5.41) is 0. The molecule has 2 aromatic carbocycles. The lowest BCUT2D eigenvalue weighted by Gasteiger charge is -2.06. The van der Waals surface area contributed by atoms with Crippen molar-refractivity contribution in [3.05, 3.63) is 65.5 Å². The first-order valence-electron chi connectivity index (χ1n) is 6.98. The minimum absolute atomic E-state index is 0.127. The molecule has 0 saturated carbocycles. The maximum absolute atomic E-state index is 13.4. The van der Waals surface area contributed by atoms with Crippen molar-refractivity contribution in [3.63, 3.8) is 0 Å². The summed E-state index contributed by atoms with van der Waals surface area (Å²) in [6, 6.07) is 13.0. The van der Waals surface area contributed by atoms with Crippen molar-refractivity contribution in [2.45, 2.75) is 17.9 Å². The van der Waals surface area contributed by atoms with Gasteiger partial charge in [0, 0.05) is 16.2 Å². The molecule has 0 radical (unpaired) electrons. The molecule has 0 aliphatic heterocycles. The molecule has 0 bridgehead atoms. The number of carbonyl (C=O) groups is 2. The van der Waals surface area contributed by atoms with Crippen molar-refractivity contribution in [2.75, 3.05) is 5.75 Å². The van der Waals surface area contributed by atoms with E-state index in [1.165, 1.54) is 17.8 Å². The van der Waals surface area contributed by atoms with E-state index in [4.69, 9.17) is 10.5 Å². The van der Waals surface area contributed by atoms with E-state index in [0.29, 0.717) is 16.2 Å². The number of rotatable bonds is 7. The van der Waals surface area contributed by atoms with Gasteiger partial charge in [-0.1, -0.05) is 24.3 Å². The third-order valence-electron chi connectivity index (χ3n) is 3.04. The lowest BCUT2D eigenvalue weighted by Crippen LogP contribution is -2.11. The van der Waals surface area contributed by atoms with Gasteiger partial charge in [-0.3, -0.25) is 9.59 Å². The molecule has 4 nitrogen and oxygen atoms in total. The minimum atomic E-state index is -0.501. The van der Waals surface area contributed by atoms with E-state index in [1.54, 1.807) is 42.5 Å². The molecule has 1 amide bonds. The molecule has 2 aromatic rings. The van der Waals surface area contributed by atoms with E-state index in [9.17, 15) is 14.0 Å². The zero-order valence-electron chi connectivity index (χ0n) is 12.3. The largest absolute Gasteiger partial charge is 0.461 e. The standard InChI is InChI=1S/C17H16FNO3S/c18-14-3-1-2-4-15(14)23-10-9-16(20)22-11-12-5-7-13(8-6-12)17(19)21/h1-8H,9-11H2,(H2,19,21). The van der Waals surface area contributed by atoms with Crippen LogP contribution in [-0.2, 0) is 16.1 Å². The van der Waals surface area contributed by atoms with Crippen molar-refractivity contribution >= 4 is 23.6 Å². The first-order valence-corrected chi connectivity index (χ1v) is 7.96. The quantitative estimate of drug-likeness (QED) is 0.624. The maximum Gasteiger partial charge on any atom is 0.306 e. The van der Waals surface area contributed by atoms with Gasteiger partial charge in [0.05, 0.1) is 6.42 Å². The summed E-state index contributed by atoms with van der Waals surface area (Å²) < 4.78 is 18.5. The van der Waals surface area contributed by atoms with Crippen LogP contribution in [0.15, 0.2) is 53.4 Å². The van der Waals surface area contributed by atoms with E-state index in [1.807, 2.05) is 0 Å². The summed E-state index contributed by atoms with van der Waals surface area (Å²) in [4.78, 5) is 23.1. The van der Waals surface area contributed by atoms with Crippen LogP contribution < -0.4 is 5.73 Å². The zero-order valence-corrected chi connectivity index (χ0v) is 13.1. The molecule has 120 valence electrons. The first kappa shape index (κ1) is 17.0. The summed E-state index contributed by atoms with van der Waals surface area (Å²) in [7, 11) is 0. The van der Waals surface area contributed by atoms with Crippen molar-refractivity contribution in [1.29, 1.82) is 0 Å². The van der Waals surface area contributed by atoms with Crippen molar-refractivity contribution in [1.82, 2.24) is 0 Å². The van der Waals surface area contributed by atoms with Gasteiger partial charge in [0.2, 0.25) is 5.91 Å². The van der Waals surface area contributed by atoms with Crippen LogP contribution in [0.2, 0.25) is 0 Å². The second kappa shape index (κ2) is 8.33. The number of primary amides is 1. The Labute approximate surface area is 137 Å². The van der Waals surface area contributed by atoms with Gasteiger partial charge in [-0.2, -0.15) is 0 Å². The monoisotopic (exact) mass is 333 g/mol. The van der Waals surface area contributed by atoms with Crippen LogP contribution in [0.1, 0.15) is 22.3 Å². The van der Waals surface area contributed by atoms with Crippen molar-refractivity contribution < 1.29 is 18.7 Å². The Morgan fingerprint density at radius 3 is 2.43 bits per heavy atom. The maximum atomic E-state index is 13.4. The fourth-order valence-electron chi connectivity index (χ4n) is 1.81. The highest BCUT2D eigenvalue weighted by Gasteiger charge is 2.07. The molecule has 0 fully saturated rings. The smallest absolute Gasteiger partial charge is 0.306 e. The van der Waals surface area contributed by atoms with Gasteiger partial charge in [-0.05, 0) is 29.8 Å². The SMILES string of the molecule is NC(=O)c1ccc(COC(=O)CCSc2ccccc2F)cc1. The summed E-state index contributed by atoms with van der Waals surface area (Å²) in [5.41, 5.74) is 6.32. The number of benzene rings is 2. The number of thioether (sulfide) groups is 1. The summed E-state index contributed by atoms with van der Waals surface area (Å²) in [6.07, 6.45) is 0.193. The molecule has 0 saturated heterocycles. The summed E-state index contributed by atoms with van der Waals surface area (Å²) in [5.74, 6) is -0.702. The fraction of sp³-hybridized carbons (Fsp3) is 0.176. The lowest BCUT2D eigenvalue weighted by atomic mass is 10.1. The molecule has 0 aliphatic rings. The third kappa shape index (κ3) is 5.41. The molecule has 2 rings (SSSR count). The molecule has 2 N–H and O–H groups in total. The number of ether oxygens (including phenoxy) is 1. The van der Waals surface area contributed by atoms with Gasteiger partial charge in [0.25, 0.3) is 0 Å². The second-order valence-electron chi connectivity index (χ2n) is 4.75. The molecule has 0 heterocycles. The molecule has 6 heteroatoms. The van der Waals surface area contributed by atoms with Gasteiger partial charge < -0.3 is 10.5 Å². The summed E-state index contributed by atoms with van der Waals surface area (Å²) in [6.45, 7) is 0.127. The molecule has 0 aliphatic carbocycles. The van der Waals surface area contributed by atoms with E-state index in [0.717, 1.165) is 5.56 Å². The zero-order chi connectivity index (χ0) is 16.7. The molecular weight excluding hydrogens is 317 g/mol. The van der Waals surface area contributed by atoms with Crippen LogP contribution >= 0.6 is 11.8 Å². The number of carbonyl (C=O) groups excluding carboxylic acids is 2. The van der Waals surface area contributed by atoms with Gasteiger partial charge in [0.1, 0.15) is 12.4 Å². The Morgan fingerprint density at radius 1 is 1.09 bits per heavy atom. The van der Waals surface area contributed by atoms with Gasteiger partial charge in [-0.25, -0.2) is 4.39 Å². The highest BCUT2D eigenvalue weighted by Crippen LogP contribution is 2.21. The molecule has 0 unspecified atom stereocenters. The predicted octanol–water partition coefficient (Wildman–Crippen LogP) is 3.15. The second-order valence-corrected chi connectivity index (χ2v) is 5.89. The van der Waals surface area contributed by atoms with Gasteiger partial charge in [-0.15, -0.1) is 11.8 Å². The number of esters is 1. The summed E-state index contributed by atoms with van der Waals surface area (Å²) >= 11 is 1.27. The Morgan fingerprint density at radius 2 is 1.78 bits per heavy atom. The normalized spacial score (nSPS) is 10.3. The topological polar surface area (TPSA) is 69.4 Å². The Balaban J connectivity index is 1.73. The van der Waals surface area contributed by atoms with Crippen LogP contribution in [0.4, 0.5) is 4.39 Å². The number of hydrogen-bond donors (Lipinski definition) is 1. The first-order chi connectivity index (χ1) is 11.1. The lowest BCUT2D eigenvalue weighted by molar-refractivity contribution is -0.144. The van der Waals surface area contributed by atoms with Crippen LogP contribution in [-0.4, -0.2) is 17.6 Å². The Bertz CT molecular complexity index is 688. The minimum Gasteiger partial charge on any atom is -0.461 e. The van der Waals surface area contributed by atoms with Crippen molar-refractivity contribution in [3.8, 4) is 0 Å². The van der Waals surface area contributed by atoms with E-state index >= 15 is 0 Å². The van der Waals surface area contributed by atoms with Crippen molar-refractivity contribution in [2.24, 2.45) is 5.73 Å². The number of amides is 1. The highest BCUT2D eigenvalue weighted by atomic mass is 32.2. The Hall–Kier alpha value is -2.34. The molecular formula is C17H16FNO3S. The third-order valence-corrected chi connectivity index (χ3v) is 4.09. The van der Waals surface area contributed by atoms with E-state index in [2.05, 4.69) is 0 Å². The van der Waals surface area contributed by atoms with Crippen LogP contribution in [0.5, 0.6) is 0 Å². The number of nitrogens with two attached hydrogens (primary N) is 1. The average Bonchev–Trinajstić information content (AvgIpc) is 2.55.